The van der Waals surface area contributed by atoms with E-state index in [2.05, 4.69) is 36.2 Å². The van der Waals surface area contributed by atoms with Gasteiger partial charge in [-0.3, -0.25) is 0 Å². The van der Waals surface area contributed by atoms with Gasteiger partial charge in [-0.25, -0.2) is 0 Å². The first kappa shape index (κ1) is 18.0. The second kappa shape index (κ2) is 8.03. The summed E-state index contributed by atoms with van der Waals surface area (Å²) in [6.45, 7) is 1.80. The summed E-state index contributed by atoms with van der Waals surface area (Å²) in [5, 5.41) is 11.6. The Kier molecular flexibility index (Phi) is 5.77. The minimum atomic E-state index is -0.766. The lowest BCUT2D eigenvalue weighted by Gasteiger charge is -2.42. The predicted molar refractivity (Wildman–Crippen MR) is 102 cm³/mol. The van der Waals surface area contributed by atoms with Gasteiger partial charge in [0.25, 0.3) is 0 Å². The van der Waals surface area contributed by atoms with Crippen molar-refractivity contribution in [2.45, 2.75) is 37.8 Å². The Morgan fingerprint density at radius 2 is 1.92 bits per heavy atom. The van der Waals surface area contributed by atoms with Crippen molar-refractivity contribution in [1.82, 2.24) is 4.90 Å². The van der Waals surface area contributed by atoms with Gasteiger partial charge in [0.1, 0.15) is 5.75 Å². The van der Waals surface area contributed by atoms with Crippen LogP contribution in [0.25, 0.3) is 0 Å². The van der Waals surface area contributed by atoms with E-state index < -0.39 is 5.60 Å². The Balaban J connectivity index is 1.75. The number of methoxy groups -OCH3 is 1. The number of aliphatic hydroxyl groups is 1. The molecule has 0 saturated heterocycles. The first-order chi connectivity index (χ1) is 12.1. The minimum absolute atomic E-state index is 0.238. The number of ether oxygens (including phenoxy) is 1. The molecule has 3 rings (SSSR count). The van der Waals surface area contributed by atoms with Gasteiger partial charge in [0, 0.05) is 19.0 Å². The van der Waals surface area contributed by atoms with Crippen LogP contribution in [0.15, 0.2) is 54.6 Å². The number of hydrogen-bond donors (Lipinski definition) is 1. The summed E-state index contributed by atoms with van der Waals surface area (Å²) in [5.41, 5.74) is 1.54. The Bertz CT molecular complexity index is 673. The third-order valence-electron chi connectivity index (χ3n) is 5.43. The molecule has 3 nitrogen and oxygen atoms in total. The Morgan fingerprint density at radius 3 is 2.68 bits per heavy atom. The van der Waals surface area contributed by atoms with Crippen LogP contribution in [0.1, 0.15) is 36.8 Å². The van der Waals surface area contributed by atoms with Crippen LogP contribution in [-0.4, -0.2) is 30.7 Å². The Labute approximate surface area is 151 Å². The van der Waals surface area contributed by atoms with E-state index in [0.717, 1.165) is 43.7 Å². The topological polar surface area (TPSA) is 32.7 Å². The second-order valence-electron chi connectivity index (χ2n) is 7.28. The highest BCUT2D eigenvalue weighted by molar-refractivity contribution is 5.33. The first-order valence-electron chi connectivity index (χ1n) is 9.21. The SMILES string of the molecule is COc1cccc([C@@]2(O)CCCC[C@@H]2CN(C)Cc2ccccc2)c1. The number of hydrogen-bond acceptors (Lipinski definition) is 3. The first-order valence-corrected chi connectivity index (χ1v) is 9.21. The Hall–Kier alpha value is -1.84. The zero-order chi connectivity index (χ0) is 17.7. The summed E-state index contributed by atoms with van der Waals surface area (Å²) in [6.07, 6.45) is 4.15. The number of rotatable bonds is 6. The van der Waals surface area contributed by atoms with Crippen molar-refractivity contribution in [2.24, 2.45) is 5.92 Å². The van der Waals surface area contributed by atoms with Gasteiger partial charge < -0.3 is 14.7 Å². The van der Waals surface area contributed by atoms with Crippen LogP contribution in [0.2, 0.25) is 0 Å². The molecule has 0 aromatic heterocycles. The predicted octanol–water partition coefficient (Wildman–Crippen LogP) is 4.21. The summed E-state index contributed by atoms with van der Waals surface area (Å²) < 4.78 is 5.36. The van der Waals surface area contributed by atoms with Crippen LogP contribution in [-0.2, 0) is 12.1 Å². The fourth-order valence-corrected chi connectivity index (χ4v) is 4.08. The quantitative estimate of drug-likeness (QED) is 0.856. The minimum Gasteiger partial charge on any atom is -0.497 e. The second-order valence-corrected chi connectivity index (χ2v) is 7.28. The van der Waals surface area contributed by atoms with E-state index in [1.807, 2.05) is 30.3 Å². The smallest absolute Gasteiger partial charge is 0.119 e. The van der Waals surface area contributed by atoms with Crippen LogP contribution in [0.4, 0.5) is 0 Å². The molecule has 25 heavy (non-hydrogen) atoms. The van der Waals surface area contributed by atoms with E-state index in [-0.39, 0.29) is 5.92 Å². The van der Waals surface area contributed by atoms with Gasteiger partial charge in [-0.05, 0) is 43.1 Å². The number of benzene rings is 2. The van der Waals surface area contributed by atoms with Crippen molar-refractivity contribution in [2.75, 3.05) is 20.7 Å². The van der Waals surface area contributed by atoms with Gasteiger partial charge in [-0.1, -0.05) is 55.3 Å². The maximum Gasteiger partial charge on any atom is 0.119 e. The molecule has 2 aromatic carbocycles. The Morgan fingerprint density at radius 1 is 1.12 bits per heavy atom. The van der Waals surface area contributed by atoms with Gasteiger partial charge in [0.2, 0.25) is 0 Å². The van der Waals surface area contributed by atoms with Crippen LogP contribution in [0, 0.1) is 5.92 Å². The average Bonchev–Trinajstić information content (AvgIpc) is 2.64. The highest BCUT2D eigenvalue weighted by Gasteiger charge is 2.40. The normalized spacial score (nSPS) is 23.6. The molecule has 1 saturated carbocycles. The van der Waals surface area contributed by atoms with Crippen LogP contribution < -0.4 is 4.74 Å². The van der Waals surface area contributed by atoms with E-state index in [9.17, 15) is 5.11 Å². The van der Waals surface area contributed by atoms with Crippen molar-refractivity contribution in [3.8, 4) is 5.75 Å². The van der Waals surface area contributed by atoms with Crippen molar-refractivity contribution >= 4 is 0 Å². The van der Waals surface area contributed by atoms with Gasteiger partial charge in [0.05, 0.1) is 12.7 Å². The molecule has 1 fully saturated rings. The molecule has 0 aliphatic heterocycles. The molecule has 3 heteroatoms. The molecule has 1 aliphatic rings. The molecule has 1 N–H and O–H groups in total. The van der Waals surface area contributed by atoms with Gasteiger partial charge in [0.15, 0.2) is 0 Å². The summed E-state index contributed by atoms with van der Waals surface area (Å²) >= 11 is 0. The van der Waals surface area contributed by atoms with Crippen LogP contribution in [0.5, 0.6) is 5.75 Å². The lowest BCUT2D eigenvalue weighted by atomic mass is 9.71. The monoisotopic (exact) mass is 339 g/mol. The van der Waals surface area contributed by atoms with Crippen molar-refractivity contribution in [1.29, 1.82) is 0 Å². The van der Waals surface area contributed by atoms with Gasteiger partial charge in [-0.15, -0.1) is 0 Å². The molecule has 2 aromatic rings. The molecule has 0 bridgehead atoms. The maximum absolute atomic E-state index is 11.6. The van der Waals surface area contributed by atoms with Gasteiger partial charge >= 0.3 is 0 Å². The van der Waals surface area contributed by atoms with E-state index >= 15 is 0 Å². The van der Waals surface area contributed by atoms with E-state index in [1.165, 1.54) is 12.0 Å². The molecule has 0 amide bonds. The molecule has 0 heterocycles. The average molecular weight is 339 g/mol. The molecule has 0 radical (unpaired) electrons. The fourth-order valence-electron chi connectivity index (χ4n) is 4.08. The van der Waals surface area contributed by atoms with Crippen molar-refractivity contribution < 1.29 is 9.84 Å². The number of nitrogens with zero attached hydrogens (tertiary/aromatic N) is 1. The molecule has 134 valence electrons. The summed E-state index contributed by atoms with van der Waals surface area (Å²) in [7, 11) is 3.82. The lowest BCUT2D eigenvalue weighted by molar-refractivity contribution is -0.0643. The van der Waals surface area contributed by atoms with E-state index in [1.54, 1.807) is 7.11 Å². The lowest BCUT2D eigenvalue weighted by Crippen LogP contribution is -2.43. The summed E-state index contributed by atoms with van der Waals surface area (Å²) in [4.78, 5) is 2.33. The fraction of sp³-hybridized carbons (Fsp3) is 0.455. The largest absolute Gasteiger partial charge is 0.497 e. The van der Waals surface area contributed by atoms with Crippen LogP contribution >= 0.6 is 0 Å². The maximum atomic E-state index is 11.6. The molecule has 0 spiro atoms. The van der Waals surface area contributed by atoms with Gasteiger partial charge in [-0.2, -0.15) is 0 Å². The third-order valence-corrected chi connectivity index (χ3v) is 5.43. The molecular weight excluding hydrogens is 310 g/mol. The van der Waals surface area contributed by atoms with E-state index in [0.29, 0.717) is 0 Å². The summed E-state index contributed by atoms with van der Waals surface area (Å²) in [5.74, 6) is 1.05. The molecule has 0 unspecified atom stereocenters. The molecule has 1 aliphatic carbocycles. The molecule has 2 atom stereocenters. The standard InChI is InChI=1S/C22H29NO2/c1-23(16-18-9-4-3-5-10-18)17-20-11-6-7-14-22(20,24)19-12-8-13-21(15-19)25-2/h3-5,8-10,12-13,15,20,24H,6-7,11,14,16-17H2,1-2H3/t20-,22+/m1/s1. The van der Waals surface area contributed by atoms with Crippen molar-refractivity contribution in [3.05, 3.63) is 65.7 Å². The van der Waals surface area contributed by atoms with Crippen molar-refractivity contribution in [3.63, 3.8) is 0 Å². The summed E-state index contributed by atoms with van der Waals surface area (Å²) in [6, 6.07) is 18.5. The third kappa shape index (κ3) is 4.23. The van der Waals surface area contributed by atoms with E-state index in [4.69, 9.17) is 4.74 Å². The highest BCUT2D eigenvalue weighted by Crippen LogP contribution is 2.42. The highest BCUT2D eigenvalue weighted by atomic mass is 16.5. The van der Waals surface area contributed by atoms with Crippen LogP contribution in [0.3, 0.4) is 0 Å². The molecular formula is C22H29NO2. The zero-order valence-corrected chi connectivity index (χ0v) is 15.3. The zero-order valence-electron chi connectivity index (χ0n) is 15.3.